The van der Waals surface area contributed by atoms with Crippen molar-refractivity contribution in [3.63, 3.8) is 0 Å². The number of rotatable bonds is 4. The summed E-state index contributed by atoms with van der Waals surface area (Å²) in [5.74, 6) is 0.860. The highest BCUT2D eigenvalue weighted by Crippen LogP contribution is 2.38. The van der Waals surface area contributed by atoms with Crippen LogP contribution in [-0.4, -0.2) is 53.4 Å². The van der Waals surface area contributed by atoms with Gasteiger partial charge < -0.3 is 5.11 Å². The second-order valence-electron chi connectivity index (χ2n) is 9.33. The molecule has 0 aromatic heterocycles. The molecule has 2 fully saturated rings. The third-order valence-corrected chi connectivity index (χ3v) is 7.19. The molecule has 26 heavy (non-hydrogen) atoms. The first-order valence-corrected chi connectivity index (χ1v) is 10.7. The number of hydrogen-bond acceptors (Lipinski definition) is 4. The minimum absolute atomic E-state index is 0.235. The van der Waals surface area contributed by atoms with Crippen LogP contribution in [0.2, 0.25) is 0 Å². The smallest absolute Gasteiger partial charge is 0.110 e. The minimum Gasteiger partial charge on any atom is -0.378 e. The first-order valence-electron chi connectivity index (χ1n) is 10.7. The van der Waals surface area contributed by atoms with Crippen LogP contribution in [0.5, 0.6) is 0 Å². The number of nitriles is 1. The third-order valence-electron chi connectivity index (χ3n) is 7.19. The molecule has 1 aliphatic heterocycles. The topological polar surface area (TPSA) is 50.5 Å². The first kappa shape index (κ1) is 19.9. The lowest BCUT2D eigenvalue weighted by Crippen LogP contribution is -2.55. The van der Waals surface area contributed by atoms with E-state index in [2.05, 4.69) is 42.7 Å². The Labute approximate surface area is 159 Å². The van der Waals surface area contributed by atoms with Crippen LogP contribution in [0.25, 0.3) is 0 Å². The van der Waals surface area contributed by atoms with E-state index in [0.29, 0.717) is 17.9 Å². The summed E-state index contributed by atoms with van der Waals surface area (Å²) in [7, 11) is 0. The lowest BCUT2D eigenvalue weighted by Gasteiger charge is -2.45. The quantitative estimate of drug-likeness (QED) is 0.776. The fourth-order valence-corrected chi connectivity index (χ4v) is 5.24. The number of nitrogens with zero attached hydrogens (tertiary/aromatic N) is 3. The SMILES string of the molecule is CC1=CC(C(C)(C)C#N)CCC1N1CCN(C(O)C2CCCCC2)CC1. The summed E-state index contributed by atoms with van der Waals surface area (Å²) in [5.41, 5.74) is 1.17. The summed E-state index contributed by atoms with van der Waals surface area (Å²) in [6, 6.07) is 3.01. The number of allylic oxidation sites excluding steroid dienone is 1. The maximum absolute atomic E-state index is 10.8. The zero-order chi connectivity index (χ0) is 18.7. The van der Waals surface area contributed by atoms with Gasteiger partial charge in [0.05, 0.1) is 11.5 Å². The molecule has 3 aliphatic rings. The molecule has 1 N–H and O–H groups in total. The number of aliphatic hydroxyl groups excluding tert-OH is 1. The number of aliphatic hydroxyl groups is 1. The van der Waals surface area contributed by atoms with Gasteiger partial charge in [-0.25, -0.2) is 0 Å². The normalized spacial score (nSPS) is 31.3. The fraction of sp³-hybridized carbons (Fsp3) is 0.864. The van der Waals surface area contributed by atoms with Crippen LogP contribution < -0.4 is 0 Å². The molecule has 4 nitrogen and oxygen atoms in total. The third kappa shape index (κ3) is 4.32. The van der Waals surface area contributed by atoms with Crippen molar-refractivity contribution in [1.82, 2.24) is 9.80 Å². The van der Waals surface area contributed by atoms with Gasteiger partial charge in [0, 0.05) is 32.2 Å². The number of hydrogen-bond donors (Lipinski definition) is 1. The molecule has 1 heterocycles. The molecular weight excluding hydrogens is 322 g/mol. The van der Waals surface area contributed by atoms with Crippen molar-refractivity contribution in [3.8, 4) is 6.07 Å². The lowest BCUT2D eigenvalue weighted by molar-refractivity contribution is -0.0732. The van der Waals surface area contributed by atoms with Crippen molar-refractivity contribution in [2.45, 2.75) is 78.0 Å². The molecule has 4 heteroatoms. The van der Waals surface area contributed by atoms with Crippen LogP contribution in [0.3, 0.4) is 0 Å². The Bertz CT molecular complexity index is 536. The Morgan fingerprint density at radius 2 is 1.73 bits per heavy atom. The van der Waals surface area contributed by atoms with Crippen LogP contribution in [0.4, 0.5) is 0 Å². The van der Waals surface area contributed by atoms with E-state index < -0.39 is 0 Å². The van der Waals surface area contributed by atoms with Gasteiger partial charge in [-0.2, -0.15) is 5.26 Å². The van der Waals surface area contributed by atoms with E-state index in [1.165, 1.54) is 37.7 Å². The molecule has 3 rings (SSSR count). The lowest BCUT2D eigenvalue weighted by atomic mass is 9.72. The van der Waals surface area contributed by atoms with Gasteiger partial charge in [0.15, 0.2) is 0 Å². The fourth-order valence-electron chi connectivity index (χ4n) is 5.24. The molecule has 3 unspecified atom stereocenters. The van der Waals surface area contributed by atoms with Crippen LogP contribution in [0.15, 0.2) is 11.6 Å². The van der Waals surface area contributed by atoms with E-state index in [9.17, 15) is 10.4 Å². The summed E-state index contributed by atoms with van der Waals surface area (Å²) in [5, 5.41) is 20.2. The molecule has 1 saturated heterocycles. The van der Waals surface area contributed by atoms with Gasteiger partial charge >= 0.3 is 0 Å². The van der Waals surface area contributed by atoms with Crippen molar-refractivity contribution < 1.29 is 5.11 Å². The summed E-state index contributed by atoms with van der Waals surface area (Å²) in [6.07, 6.45) is 10.7. The predicted molar refractivity (Wildman–Crippen MR) is 105 cm³/mol. The van der Waals surface area contributed by atoms with E-state index in [4.69, 9.17) is 0 Å². The highest BCUT2D eigenvalue weighted by Gasteiger charge is 2.36. The van der Waals surface area contributed by atoms with Crippen molar-refractivity contribution in [3.05, 3.63) is 11.6 Å². The molecule has 0 amide bonds. The molecule has 0 aromatic rings. The van der Waals surface area contributed by atoms with Crippen LogP contribution in [0, 0.1) is 28.6 Å². The zero-order valence-corrected chi connectivity index (χ0v) is 17.0. The zero-order valence-electron chi connectivity index (χ0n) is 17.0. The Morgan fingerprint density at radius 1 is 1.08 bits per heavy atom. The maximum atomic E-state index is 10.8. The van der Waals surface area contributed by atoms with E-state index in [-0.39, 0.29) is 11.6 Å². The Balaban J connectivity index is 1.54. The minimum atomic E-state index is -0.269. The highest BCUT2D eigenvalue weighted by molar-refractivity contribution is 5.18. The van der Waals surface area contributed by atoms with Crippen LogP contribution in [-0.2, 0) is 0 Å². The van der Waals surface area contributed by atoms with Crippen molar-refractivity contribution in [2.75, 3.05) is 26.2 Å². The van der Waals surface area contributed by atoms with Crippen LogP contribution in [0.1, 0.15) is 65.7 Å². The largest absolute Gasteiger partial charge is 0.378 e. The molecule has 146 valence electrons. The summed E-state index contributed by atoms with van der Waals surface area (Å²) >= 11 is 0. The van der Waals surface area contributed by atoms with Crippen molar-refractivity contribution >= 4 is 0 Å². The Morgan fingerprint density at radius 3 is 2.31 bits per heavy atom. The summed E-state index contributed by atoms with van der Waals surface area (Å²) < 4.78 is 0. The van der Waals surface area contributed by atoms with Crippen LogP contribution >= 0.6 is 0 Å². The molecule has 0 spiro atoms. The number of piperazine rings is 1. The standard InChI is InChI=1S/C22H37N3O/c1-17-15-19(22(2,3)16-23)9-10-20(17)24-11-13-25(14-12-24)21(26)18-7-5-4-6-8-18/h15,18-21,26H,4-14H2,1-3H3. The monoisotopic (exact) mass is 359 g/mol. The molecule has 2 aliphatic carbocycles. The van der Waals surface area contributed by atoms with Gasteiger partial charge in [-0.3, -0.25) is 9.80 Å². The molecule has 0 aromatic carbocycles. The average Bonchev–Trinajstić information content (AvgIpc) is 2.68. The van der Waals surface area contributed by atoms with E-state index in [0.717, 1.165) is 39.0 Å². The Kier molecular flexibility index (Phi) is 6.43. The van der Waals surface area contributed by atoms with Crippen molar-refractivity contribution in [2.24, 2.45) is 17.3 Å². The van der Waals surface area contributed by atoms with E-state index in [1.807, 2.05) is 0 Å². The van der Waals surface area contributed by atoms with Gasteiger partial charge in [-0.1, -0.05) is 30.9 Å². The summed E-state index contributed by atoms with van der Waals surface area (Å²) in [4.78, 5) is 4.92. The van der Waals surface area contributed by atoms with Crippen molar-refractivity contribution in [1.29, 1.82) is 5.26 Å². The highest BCUT2D eigenvalue weighted by atomic mass is 16.3. The second kappa shape index (κ2) is 8.42. The van der Waals surface area contributed by atoms with Gasteiger partial charge in [0.1, 0.15) is 6.23 Å². The summed E-state index contributed by atoms with van der Waals surface area (Å²) in [6.45, 7) is 10.4. The first-order chi connectivity index (χ1) is 12.4. The molecule has 0 radical (unpaired) electrons. The van der Waals surface area contributed by atoms with E-state index >= 15 is 0 Å². The maximum Gasteiger partial charge on any atom is 0.110 e. The molecular formula is C22H37N3O. The Hall–Kier alpha value is -0.890. The second-order valence-corrected chi connectivity index (χ2v) is 9.33. The molecule has 1 saturated carbocycles. The molecule has 0 bridgehead atoms. The van der Waals surface area contributed by atoms with Gasteiger partial charge in [0.2, 0.25) is 0 Å². The van der Waals surface area contributed by atoms with Gasteiger partial charge in [-0.15, -0.1) is 0 Å². The van der Waals surface area contributed by atoms with Gasteiger partial charge in [0.25, 0.3) is 0 Å². The predicted octanol–water partition coefficient (Wildman–Crippen LogP) is 3.78. The van der Waals surface area contributed by atoms with Gasteiger partial charge in [-0.05, 0) is 58.3 Å². The van der Waals surface area contributed by atoms with E-state index in [1.54, 1.807) is 0 Å². The molecule has 3 atom stereocenters. The average molecular weight is 360 g/mol.